The number of pyridine rings is 1. The van der Waals surface area contributed by atoms with Crippen molar-refractivity contribution in [2.24, 2.45) is 0 Å². The number of aromatic nitrogens is 3. The molecular formula is C21H22F3N5O. The quantitative estimate of drug-likeness (QED) is 0.661. The molecular weight excluding hydrogens is 395 g/mol. The summed E-state index contributed by atoms with van der Waals surface area (Å²) in [5.41, 5.74) is 2.24. The Morgan fingerprint density at radius 1 is 1.17 bits per heavy atom. The number of para-hydroxylation sites is 1. The second-order valence-electron chi connectivity index (χ2n) is 7.31. The Morgan fingerprint density at radius 3 is 2.60 bits per heavy atom. The van der Waals surface area contributed by atoms with E-state index in [-0.39, 0.29) is 17.2 Å². The van der Waals surface area contributed by atoms with Crippen LogP contribution in [0.1, 0.15) is 37.2 Å². The molecule has 3 aromatic rings. The Balaban J connectivity index is 1.51. The van der Waals surface area contributed by atoms with E-state index in [9.17, 15) is 18.0 Å². The van der Waals surface area contributed by atoms with Crippen LogP contribution in [0.25, 0.3) is 11.2 Å². The second kappa shape index (κ2) is 7.97. The maximum atomic E-state index is 13.6. The number of amides is 2. The minimum Gasteiger partial charge on any atom is -0.324 e. The molecule has 1 fully saturated rings. The van der Waals surface area contributed by atoms with Gasteiger partial charge in [-0.3, -0.25) is 0 Å². The predicted octanol–water partition coefficient (Wildman–Crippen LogP) is 4.88. The number of piperidine rings is 1. The van der Waals surface area contributed by atoms with Crippen molar-refractivity contribution < 1.29 is 18.0 Å². The molecule has 2 aromatic heterocycles. The molecule has 0 radical (unpaired) electrons. The van der Waals surface area contributed by atoms with E-state index in [4.69, 9.17) is 0 Å². The monoisotopic (exact) mass is 417 g/mol. The van der Waals surface area contributed by atoms with Gasteiger partial charge in [-0.1, -0.05) is 25.1 Å². The summed E-state index contributed by atoms with van der Waals surface area (Å²) in [6.45, 7) is 2.72. The van der Waals surface area contributed by atoms with Crippen LogP contribution >= 0.6 is 0 Å². The summed E-state index contributed by atoms with van der Waals surface area (Å²) in [6.07, 6.45) is -1.52. The van der Waals surface area contributed by atoms with Crippen LogP contribution in [0.2, 0.25) is 0 Å². The van der Waals surface area contributed by atoms with E-state index in [0.717, 1.165) is 17.7 Å². The van der Waals surface area contributed by atoms with Crippen molar-refractivity contribution in [3.63, 3.8) is 0 Å². The highest BCUT2D eigenvalue weighted by atomic mass is 19.4. The number of fused-ring (bicyclic) bond motifs is 1. The van der Waals surface area contributed by atoms with E-state index >= 15 is 0 Å². The van der Waals surface area contributed by atoms with Gasteiger partial charge in [0, 0.05) is 31.0 Å². The standard InChI is InChI=1S/C21H22F3N5O/c1-2-14-6-3-4-7-16(14)27-20(30)28-12-9-15(10-13-28)29-18-17(8-5-11-25-18)26-19(29)21(22,23)24/h3-8,11,15H,2,9-10,12-13H2,1H3,(H,27,30). The molecule has 9 heteroatoms. The molecule has 1 N–H and O–H groups in total. The van der Waals surface area contributed by atoms with Gasteiger partial charge < -0.3 is 14.8 Å². The molecule has 1 aromatic carbocycles. The van der Waals surface area contributed by atoms with Crippen molar-refractivity contribution in [3.05, 3.63) is 54.0 Å². The number of likely N-dealkylation sites (tertiary alicyclic amines) is 1. The zero-order valence-corrected chi connectivity index (χ0v) is 16.5. The van der Waals surface area contributed by atoms with Crippen LogP contribution in [-0.4, -0.2) is 38.6 Å². The van der Waals surface area contributed by atoms with Crippen molar-refractivity contribution in [2.75, 3.05) is 18.4 Å². The molecule has 0 atom stereocenters. The minimum absolute atomic E-state index is 0.223. The number of hydrogen-bond acceptors (Lipinski definition) is 3. The zero-order valence-electron chi connectivity index (χ0n) is 16.5. The third kappa shape index (κ3) is 3.83. The summed E-state index contributed by atoms with van der Waals surface area (Å²) in [6, 6.07) is 10.0. The van der Waals surface area contributed by atoms with Crippen LogP contribution in [-0.2, 0) is 12.6 Å². The average molecular weight is 417 g/mol. The highest BCUT2D eigenvalue weighted by Crippen LogP contribution is 2.36. The molecule has 3 heterocycles. The molecule has 30 heavy (non-hydrogen) atoms. The molecule has 1 aliphatic heterocycles. The highest BCUT2D eigenvalue weighted by molar-refractivity contribution is 5.90. The third-order valence-electron chi connectivity index (χ3n) is 5.46. The van der Waals surface area contributed by atoms with E-state index in [1.807, 2.05) is 31.2 Å². The van der Waals surface area contributed by atoms with Crippen LogP contribution in [0.15, 0.2) is 42.6 Å². The van der Waals surface area contributed by atoms with E-state index < -0.39 is 18.0 Å². The number of rotatable bonds is 3. The first-order valence-corrected chi connectivity index (χ1v) is 9.92. The number of nitrogens with zero attached hydrogens (tertiary/aromatic N) is 4. The summed E-state index contributed by atoms with van der Waals surface area (Å²) in [4.78, 5) is 22.2. The number of carbonyl (C=O) groups excluding carboxylic acids is 1. The lowest BCUT2D eigenvalue weighted by Gasteiger charge is -2.33. The topological polar surface area (TPSA) is 63.1 Å². The summed E-state index contributed by atoms with van der Waals surface area (Å²) < 4.78 is 41.9. The summed E-state index contributed by atoms with van der Waals surface area (Å²) in [5, 5.41) is 2.92. The van der Waals surface area contributed by atoms with E-state index in [1.165, 1.54) is 16.8 Å². The Hall–Kier alpha value is -3.10. The van der Waals surface area contributed by atoms with Gasteiger partial charge in [-0.05, 0) is 43.0 Å². The number of anilines is 1. The highest BCUT2D eigenvalue weighted by Gasteiger charge is 2.40. The maximum Gasteiger partial charge on any atom is 0.449 e. The second-order valence-corrected chi connectivity index (χ2v) is 7.31. The number of alkyl halides is 3. The Labute approximate surface area is 171 Å². The number of carbonyl (C=O) groups is 1. The molecule has 0 unspecified atom stereocenters. The zero-order chi connectivity index (χ0) is 21.3. The van der Waals surface area contributed by atoms with E-state index in [1.54, 1.807) is 11.0 Å². The van der Waals surface area contributed by atoms with Gasteiger partial charge in [-0.25, -0.2) is 14.8 Å². The van der Waals surface area contributed by atoms with E-state index in [0.29, 0.717) is 25.9 Å². The SMILES string of the molecule is CCc1ccccc1NC(=O)N1CCC(n2c(C(F)(F)F)nc3cccnc32)CC1. The van der Waals surface area contributed by atoms with E-state index in [2.05, 4.69) is 15.3 Å². The molecule has 158 valence electrons. The summed E-state index contributed by atoms with van der Waals surface area (Å²) in [7, 11) is 0. The number of hydrogen-bond donors (Lipinski definition) is 1. The van der Waals surface area contributed by atoms with Gasteiger partial charge in [0.25, 0.3) is 0 Å². The lowest BCUT2D eigenvalue weighted by atomic mass is 10.0. The van der Waals surface area contributed by atoms with Gasteiger partial charge in [0.05, 0.1) is 0 Å². The van der Waals surface area contributed by atoms with Crippen molar-refractivity contribution >= 4 is 22.9 Å². The van der Waals surface area contributed by atoms with Gasteiger partial charge in [-0.2, -0.15) is 13.2 Å². The minimum atomic E-state index is -4.57. The molecule has 0 aliphatic carbocycles. The number of nitrogens with one attached hydrogen (secondary N) is 1. The van der Waals surface area contributed by atoms with Crippen LogP contribution in [0, 0.1) is 0 Å². The fourth-order valence-corrected chi connectivity index (χ4v) is 3.95. The Bertz CT molecular complexity index is 1050. The third-order valence-corrected chi connectivity index (χ3v) is 5.46. The number of benzene rings is 1. The maximum absolute atomic E-state index is 13.6. The normalized spacial score (nSPS) is 15.5. The van der Waals surface area contributed by atoms with Crippen LogP contribution in [0.3, 0.4) is 0 Å². The summed E-state index contributed by atoms with van der Waals surface area (Å²) in [5.74, 6) is -0.934. The molecule has 2 amide bonds. The van der Waals surface area contributed by atoms with Crippen molar-refractivity contribution in [1.82, 2.24) is 19.4 Å². The number of aryl methyl sites for hydroxylation is 1. The van der Waals surface area contributed by atoms with Crippen LogP contribution in [0.4, 0.5) is 23.7 Å². The lowest BCUT2D eigenvalue weighted by Crippen LogP contribution is -2.42. The van der Waals surface area contributed by atoms with Crippen LogP contribution in [0.5, 0.6) is 0 Å². The number of urea groups is 1. The van der Waals surface area contributed by atoms with Crippen molar-refractivity contribution in [2.45, 2.75) is 38.4 Å². The molecule has 0 spiro atoms. The first kappa shape index (κ1) is 20.2. The molecule has 1 aliphatic rings. The van der Waals surface area contributed by atoms with Gasteiger partial charge >= 0.3 is 12.2 Å². The van der Waals surface area contributed by atoms with Gasteiger partial charge in [-0.15, -0.1) is 0 Å². The molecule has 0 bridgehead atoms. The van der Waals surface area contributed by atoms with Crippen molar-refractivity contribution in [1.29, 1.82) is 0 Å². The average Bonchev–Trinajstić information content (AvgIpc) is 3.14. The largest absolute Gasteiger partial charge is 0.449 e. The molecule has 1 saturated heterocycles. The molecule has 6 nitrogen and oxygen atoms in total. The predicted molar refractivity (Wildman–Crippen MR) is 107 cm³/mol. The number of halogens is 3. The Kier molecular flexibility index (Phi) is 5.36. The van der Waals surface area contributed by atoms with Gasteiger partial charge in [0.15, 0.2) is 5.65 Å². The summed E-state index contributed by atoms with van der Waals surface area (Å²) >= 11 is 0. The smallest absolute Gasteiger partial charge is 0.324 e. The molecule has 0 saturated carbocycles. The van der Waals surface area contributed by atoms with Gasteiger partial charge in [0.1, 0.15) is 5.52 Å². The Morgan fingerprint density at radius 2 is 1.90 bits per heavy atom. The lowest BCUT2D eigenvalue weighted by molar-refractivity contribution is -0.147. The van der Waals surface area contributed by atoms with Crippen molar-refractivity contribution in [3.8, 4) is 0 Å². The first-order chi connectivity index (χ1) is 14.4. The number of imidazole rings is 1. The fraction of sp³-hybridized carbons (Fsp3) is 0.381. The fourth-order valence-electron chi connectivity index (χ4n) is 3.95. The molecule has 4 rings (SSSR count). The first-order valence-electron chi connectivity index (χ1n) is 9.92. The van der Waals surface area contributed by atoms with Gasteiger partial charge in [0.2, 0.25) is 5.82 Å². The van der Waals surface area contributed by atoms with Crippen LogP contribution < -0.4 is 5.32 Å².